The van der Waals surface area contributed by atoms with Gasteiger partial charge in [0, 0.05) is 30.7 Å². The zero-order valence-electron chi connectivity index (χ0n) is 11.7. The molecule has 1 amide bonds. The molecule has 1 atom stereocenters. The topological polar surface area (TPSA) is 32.3 Å². The van der Waals surface area contributed by atoms with Crippen LogP contribution in [-0.4, -0.2) is 36.0 Å². The van der Waals surface area contributed by atoms with Gasteiger partial charge in [0.25, 0.3) is 5.91 Å². The van der Waals surface area contributed by atoms with E-state index in [2.05, 4.69) is 24.1 Å². The Bertz CT molecular complexity index is 473. The lowest BCUT2D eigenvalue weighted by atomic mass is 10.1. The summed E-state index contributed by atoms with van der Waals surface area (Å²) in [6.45, 7) is 8.01. The lowest BCUT2D eigenvalue weighted by Gasteiger charge is -2.20. The quantitative estimate of drug-likeness (QED) is 0.909. The Balaban J connectivity index is 2.00. The number of rotatable bonds is 3. The molecule has 0 saturated carbocycles. The van der Waals surface area contributed by atoms with E-state index in [-0.39, 0.29) is 17.8 Å². The molecular weight excluding hydrogens is 243 g/mol. The molecule has 1 heterocycles. The van der Waals surface area contributed by atoms with Crippen LogP contribution in [0.15, 0.2) is 18.2 Å². The zero-order valence-corrected chi connectivity index (χ0v) is 11.7. The summed E-state index contributed by atoms with van der Waals surface area (Å²) in [5.74, 6) is -0.543. The molecule has 1 N–H and O–H groups in total. The van der Waals surface area contributed by atoms with Crippen LogP contribution in [0.3, 0.4) is 0 Å². The number of benzene rings is 1. The van der Waals surface area contributed by atoms with Crippen molar-refractivity contribution >= 4 is 5.91 Å². The van der Waals surface area contributed by atoms with Gasteiger partial charge in [-0.25, -0.2) is 4.39 Å². The fourth-order valence-corrected chi connectivity index (χ4v) is 2.48. The summed E-state index contributed by atoms with van der Waals surface area (Å²) in [6.07, 6.45) is 0.957. The van der Waals surface area contributed by atoms with E-state index >= 15 is 0 Å². The van der Waals surface area contributed by atoms with Gasteiger partial charge >= 0.3 is 0 Å². The third-order valence-electron chi connectivity index (χ3n) is 3.73. The summed E-state index contributed by atoms with van der Waals surface area (Å²) in [4.78, 5) is 14.5. The molecular formula is C15H21FN2O. The number of likely N-dealkylation sites (tertiary alicyclic amines) is 1. The normalized spacial score (nSPS) is 19.9. The van der Waals surface area contributed by atoms with Crippen LogP contribution in [-0.2, 0) is 0 Å². The van der Waals surface area contributed by atoms with Gasteiger partial charge in [-0.1, -0.05) is 6.07 Å². The van der Waals surface area contributed by atoms with Crippen LogP contribution in [0.2, 0.25) is 0 Å². The molecule has 19 heavy (non-hydrogen) atoms. The van der Waals surface area contributed by atoms with Crippen LogP contribution in [0.1, 0.15) is 36.2 Å². The first-order chi connectivity index (χ1) is 8.97. The number of nitrogens with zero attached hydrogens (tertiary/aromatic N) is 1. The van der Waals surface area contributed by atoms with E-state index in [1.807, 2.05) is 6.92 Å². The third kappa shape index (κ3) is 3.32. The van der Waals surface area contributed by atoms with Crippen molar-refractivity contribution in [1.29, 1.82) is 0 Å². The highest BCUT2D eigenvalue weighted by molar-refractivity contribution is 5.95. The zero-order chi connectivity index (χ0) is 14.0. The molecule has 1 aliphatic rings. The smallest absolute Gasteiger partial charge is 0.251 e. The molecule has 1 aliphatic heterocycles. The van der Waals surface area contributed by atoms with Crippen LogP contribution in [0.25, 0.3) is 0 Å². The highest BCUT2D eigenvalue weighted by Gasteiger charge is 2.25. The molecule has 104 valence electrons. The largest absolute Gasteiger partial charge is 0.348 e. The van der Waals surface area contributed by atoms with Gasteiger partial charge in [-0.3, -0.25) is 9.69 Å². The molecule has 4 heteroatoms. The standard InChI is InChI=1S/C15H21FN2O/c1-10(2)18-7-6-13(9-18)17-15(19)14-8-12(16)5-4-11(14)3/h4-5,8,10,13H,6-7,9H2,1-3H3,(H,17,19). The first kappa shape index (κ1) is 14.0. The number of hydrogen-bond donors (Lipinski definition) is 1. The van der Waals surface area contributed by atoms with Crippen molar-refractivity contribution in [3.8, 4) is 0 Å². The third-order valence-corrected chi connectivity index (χ3v) is 3.73. The summed E-state index contributed by atoms with van der Waals surface area (Å²) in [5, 5.41) is 3.00. The maximum absolute atomic E-state index is 13.2. The summed E-state index contributed by atoms with van der Waals surface area (Å²) < 4.78 is 13.2. The molecule has 1 aromatic carbocycles. The molecule has 1 saturated heterocycles. The van der Waals surface area contributed by atoms with E-state index in [0.717, 1.165) is 25.1 Å². The Morgan fingerprint density at radius 3 is 2.84 bits per heavy atom. The maximum Gasteiger partial charge on any atom is 0.251 e. The summed E-state index contributed by atoms with van der Waals surface area (Å²) in [6, 6.07) is 4.98. The van der Waals surface area contributed by atoms with Crippen molar-refractivity contribution in [2.45, 2.75) is 39.3 Å². The minimum absolute atomic E-state index is 0.164. The summed E-state index contributed by atoms with van der Waals surface area (Å²) in [5.41, 5.74) is 1.24. The molecule has 1 aromatic rings. The van der Waals surface area contributed by atoms with Gasteiger partial charge in [-0.2, -0.15) is 0 Å². The minimum Gasteiger partial charge on any atom is -0.348 e. The number of halogens is 1. The van der Waals surface area contributed by atoms with Crippen molar-refractivity contribution in [3.63, 3.8) is 0 Å². The number of nitrogens with one attached hydrogen (secondary N) is 1. The van der Waals surface area contributed by atoms with Gasteiger partial charge in [0.2, 0.25) is 0 Å². The number of hydrogen-bond acceptors (Lipinski definition) is 2. The van der Waals surface area contributed by atoms with Crippen LogP contribution in [0, 0.1) is 12.7 Å². The van der Waals surface area contributed by atoms with Crippen molar-refractivity contribution in [3.05, 3.63) is 35.1 Å². The SMILES string of the molecule is Cc1ccc(F)cc1C(=O)NC1CCN(C(C)C)C1. The molecule has 0 spiro atoms. The summed E-state index contributed by atoms with van der Waals surface area (Å²) >= 11 is 0. The van der Waals surface area contributed by atoms with Gasteiger partial charge in [0.1, 0.15) is 5.82 Å². The van der Waals surface area contributed by atoms with Crippen molar-refractivity contribution < 1.29 is 9.18 Å². The van der Waals surface area contributed by atoms with E-state index in [1.165, 1.54) is 12.1 Å². The first-order valence-electron chi connectivity index (χ1n) is 6.78. The van der Waals surface area contributed by atoms with Crippen LogP contribution in [0.4, 0.5) is 4.39 Å². The second-order valence-electron chi connectivity index (χ2n) is 5.51. The predicted octanol–water partition coefficient (Wildman–Crippen LogP) is 2.35. The van der Waals surface area contributed by atoms with E-state index in [1.54, 1.807) is 6.07 Å². The molecule has 0 radical (unpaired) electrons. The Hall–Kier alpha value is -1.42. The summed E-state index contributed by atoms with van der Waals surface area (Å²) in [7, 11) is 0. The lowest BCUT2D eigenvalue weighted by Crippen LogP contribution is -2.38. The van der Waals surface area contributed by atoms with Gasteiger partial charge in [-0.05, 0) is 44.9 Å². The van der Waals surface area contributed by atoms with Crippen LogP contribution in [0.5, 0.6) is 0 Å². The Kier molecular flexibility index (Phi) is 4.20. The Morgan fingerprint density at radius 1 is 1.47 bits per heavy atom. The molecule has 0 bridgehead atoms. The lowest BCUT2D eigenvalue weighted by molar-refractivity contribution is 0.0935. The van der Waals surface area contributed by atoms with E-state index in [9.17, 15) is 9.18 Å². The van der Waals surface area contributed by atoms with E-state index in [0.29, 0.717) is 11.6 Å². The molecule has 0 aliphatic carbocycles. The second-order valence-corrected chi connectivity index (χ2v) is 5.51. The Labute approximate surface area is 113 Å². The number of amides is 1. The highest BCUT2D eigenvalue weighted by atomic mass is 19.1. The van der Waals surface area contributed by atoms with Gasteiger partial charge < -0.3 is 5.32 Å². The number of carbonyl (C=O) groups is 1. The van der Waals surface area contributed by atoms with E-state index in [4.69, 9.17) is 0 Å². The first-order valence-corrected chi connectivity index (χ1v) is 6.78. The fourth-order valence-electron chi connectivity index (χ4n) is 2.48. The molecule has 3 nitrogen and oxygen atoms in total. The predicted molar refractivity (Wildman–Crippen MR) is 73.7 cm³/mol. The van der Waals surface area contributed by atoms with Gasteiger partial charge in [0.15, 0.2) is 0 Å². The monoisotopic (exact) mass is 264 g/mol. The second kappa shape index (κ2) is 5.70. The van der Waals surface area contributed by atoms with Crippen molar-refractivity contribution in [2.24, 2.45) is 0 Å². The molecule has 1 fully saturated rings. The molecule has 1 unspecified atom stereocenters. The average molecular weight is 264 g/mol. The van der Waals surface area contributed by atoms with Crippen molar-refractivity contribution in [2.75, 3.05) is 13.1 Å². The highest BCUT2D eigenvalue weighted by Crippen LogP contribution is 2.15. The molecule has 0 aromatic heterocycles. The van der Waals surface area contributed by atoms with Crippen LogP contribution >= 0.6 is 0 Å². The minimum atomic E-state index is -0.369. The molecule has 2 rings (SSSR count). The van der Waals surface area contributed by atoms with E-state index < -0.39 is 0 Å². The number of aryl methyl sites for hydroxylation is 1. The van der Waals surface area contributed by atoms with Gasteiger partial charge in [0.05, 0.1) is 0 Å². The number of carbonyl (C=O) groups excluding carboxylic acids is 1. The Morgan fingerprint density at radius 2 is 2.21 bits per heavy atom. The maximum atomic E-state index is 13.2. The average Bonchev–Trinajstić information content (AvgIpc) is 2.80. The van der Waals surface area contributed by atoms with Crippen molar-refractivity contribution in [1.82, 2.24) is 10.2 Å². The van der Waals surface area contributed by atoms with Gasteiger partial charge in [-0.15, -0.1) is 0 Å². The van der Waals surface area contributed by atoms with Crippen LogP contribution < -0.4 is 5.32 Å². The fraction of sp³-hybridized carbons (Fsp3) is 0.533.